The van der Waals surface area contributed by atoms with Crippen molar-refractivity contribution in [3.8, 4) is 0 Å². The summed E-state index contributed by atoms with van der Waals surface area (Å²) in [5.74, 6) is -0.215. The Morgan fingerprint density at radius 2 is 1.85 bits per heavy atom. The number of anilines is 2. The highest BCUT2D eigenvalue weighted by atomic mass is 35.5. The lowest BCUT2D eigenvalue weighted by Gasteiger charge is -2.25. The van der Waals surface area contributed by atoms with Crippen molar-refractivity contribution in [3.05, 3.63) is 59.1 Å². The van der Waals surface area contributed by atoms with Gasteiger partial charge in [-0.2, -0.15) is 0 Å². The highest BCUT2D eigenvalue weighted by molar-refractivity contribution is 6.30. The molecule has 1 unspecified atom stereocenters. The molecule has 1 N–H and O–H groups in total. The third kappa shape index (κ3) is 3.91. The van der Waals surface area contributed by atoms with Crippen LogP contribution in [-0.2, 0) is 15.0 Å². The lowest BCUT2D eigenvalue weighted by molar-refractivity contribution is -0.120. The summed E-state index contributed by atoms with van der Waals surface area (Å²) in [6.07, 6.45) is 0.870. The van der Waals surface area contributed by atoms with Crippen LogP contribution in [0, 0.1) is 0 Å². The number of carbonyl (C=O) groups is 2. The minimum atomic E-state index is -0.512. The first-order valence-corrected chi connectivity index (χ1v) is 9.12. The Hall–Kier alpha value is -2.33. The molecule has 26 heavy (non-hydrogen) atoms. The molecule has 3 rings (SSSR count). The summed E-state index contributed by atoms with van der Waals surface area (Å²) in [5.41, 5.74) is 2.59. The minimum Gasteiger partial charge on any atom is -0.324 e. The van der Waals surface area contributed by atoms with E-state index in [-0.39, 0.29) is 17.2 Å². The number of halogens is 1. The Kier molecular flexibility index (Phi) is 5.05. The fraction of sp³-hybridized carbons (Fsp3) is 0.333. The van der Waals surface area contributed by atoms with Crippen LogP contribution in [0.2, 0.25) is 5.02 Å². The van der Waals surface area contributed by atoms with Crippen molar-refractivity contribution in [2.24, 2.45) is 0 Å². The SMILES string of the molecule is CC(C)(C)c1cccc(NC(=O)C2CCC(=O)N2c2ccc(Cl)cc2)c1. The van der Waals surface area contributed by atoms with E-state index < -0.39 is 6.04 Å². The average Bonchev–Trinajstić information content (AvgIpc) is 2.97. The number of hydrogen-bond donors (Lipinski definition) is 1. The first kappa shape index (κ1) is 18.5. The van der Waals surface area contributed by atoms with Crippen LogP contribution >= 0.6 is 11.6 Å². The summed E-state index contributed by atoms with van der Waals surface area (Å²) >= 11 is 5.93. The van der Waals surface area contributed by atoms with Gasteiger partial charge < -0.3 is 5.32 Å². The number of nitrogens with one attached hydrogen (secondary N) is 1. The lowest BCUT2D eigenvalue weighted by atomic mass is 9.87. The van der Waals surface area contributed by atoms with Gasteiger partial charge in [0.25, 0.3) is 0 Å². The molecule has 2 aromatic carbocycles. The van der Waals surface area contributed by atoms with E-state index >= 15 is 0 Å². The molecule has 1 heterocycles. The number of carbonyl (C=O) groups excluding carboxylic acids is 2. The highest BCUT2D eigenvalue weighted by Crippen LogP contribution is 2.29. The van der Waals surface area contributed by atoms with E-state index in [4.69, 9.17) is 11.6 Å². The molecule has 0 radical (unpaired) electrons. The van der Waals surface area contributed by atoms with E-state index in [2.05, 4.69) is 32.2 Å². The van der Waals surface area contributed by atoms with Gasteiger partial charge in [-0.1, -0.05) is 44.5 Å². The van der Waals surface area contributed by atoms with Crippen molar-refractivity contribution >= 4 is 34.8 Å². The monoisotopic (exact) mass is 370 g/mol. The Bertz CT molecular complexity index is 825. The molecule has 0 aromatic heterocycles. The van der Waals surface area contributed by atoms with E-state index in [1.54, 1.807) is 29.2 Å². The standard InChI is InChI=1S/C21H23ClN2O2/c1-21(2,3)14-5-4-6-16(13-14)23-20(26)18-11-12-19(25)24(18)17-9-7-15(22)8-10-17/h4-10,13,18H,11-12H2,1-3H3,(H,23,26). The summed E-state index contributed by atoms with van der Waals surface area (Å²) in [6.45, 7) is 6.39. The van der Waals surface area contributed by atoms with Crippen LogP contribution in [0.4, 0.5) is 11.4 Å². The fourth-order valence-electron chi connectivity index (χ4n) is 3.15. The van der Waals surface area contributed by atoms with Gasteiger partial charge in [-0.25, -0.2) is 0 Å². The van der Waals surface area contributed by atoms with Crippen LogP contribution in [0.1, 0.15) is 39.2 Å². The average molecular weight is 371 g/mol. The Labute approximate surface area is 159 Å². The van der Waals surface area contributed by atoms with Gasteiger partial charge in [0, 0.05) is 22.8 Å². The Morgan fingerprint density at radius 3 is 2.50 bits per heavy atom. The maximum atomic E-state index is 12.8. The van der Waals surface area contributed by atoms with Crippen LogP contribution in [0.3, 0.4) is 0 Å². The van der Waals surface area contributed by atoms with Gasteiger partial charge in [0.15, 0.2) is 0 Å². The number of hydrogen-bond acceptors (Lipinski definition) is 2. The van der Waals surface area contributed by atoms with Crippen molar-refractivity contribution in [2.45, 2.75) is 45.1 Å². The van der Waals surface area contributed by atoms with Gasteiger partial charge in [-0.3, -0.25) is 14.5 Å². The normalized spacial score (nSPS) is 17.5. The maximum Gasteiger partial charge on any atom is 0.247 e. The lowest BCUT2D eigenvalue weighted by Crippen LogP contribution is -2.41. The second-order valence-corrected chi connectivity index (χ2v) is 8.05. The molecular weight excluding hydrogens is 348 g/mol. The molecule has 0 bridgehead atoms. The summed E-state index contributed by atoms with van der Waals surface area (Å²) < 4.78 is 0. The van der Waals surface area contributed by atoms with E-state index in [9.17, 15) is 9.59 Å². The van der Waals surface area contributed by atoms with Crippen LogP contribution in [0.5, 0.6) is 0 Å². The number of benzene rings is 2. The van der Waals surface area contributed by atoms with Crippen molar-refractivity contribution in [3.63, 3.8) is 0 Å². The Morgan fingerprint density at radius 1 is 1.15 bits per heavy atom. The molecule has 2 amide bonds. The molecule has 0 aliphatic carbocycles. The minimum absolute atomic E-state index is 0.000591. The number of nitrogens with zero attached hydrogens (tertiary/aromatic N) is 1. The van der Waals surface area contributed by atoms with E-state index in [0.29, 0.717) is 23.6 Å². The summed E-state index contributed by atoms with van der Waals surface area (Å²) in [6, 6.07) is 14.3. The molecule has 0 spiro atoms. The van der Waals surface area contributed by atoms with Crippen molar-refractivity contribution < 1.29 is 9.59 Å². The van der Waals surface area contributed by atoms with Crippen LogP contribution in [0.15, 0.2) is 48.5 Å². The zero-order valence-electron chi connectivity index (χ0n) is 15.3. The molecule has 136 valence electrons. The van der Waals surface area contributed by atoms with Gasteiger partial charge in [-0.15, -0.1) is 0 Å². The molecule has 1 aliphatic heterocycles. The van der Waals surface area contributed by atoms with Gasteiger partial charge in [-0.05, 0) is 53.8 Å². The second kappa shape index (κ2) is 7.12. The molecular formula is C21H23ClN2O2. The molecule has 1 atom stereocenters. The van der Waals surface area contributed by atoms with Gasteiger partial charge in [0.2, 0.25) is 11.8 Å². The van der Waals surface area contributed by atoms with Crippen molar-refractivity contribution in [1.82, 2.24) is 0 Å². The number of rotatable bonds is 3. The second-order valence-electron chi connectivity index (χ2n) is 7.61. The van der Waals surface area contributed by atoms with Crippen LogP contribution in [-0.4, -0.2) is 17.9 Å². The molecule has 5 heteroatoms. The van der Waals surface area contributed by atoms with Crippen LogP contribution in [0.25, 0.3) is 0 Å². The molecule has 1 fully saturated rings. The van der Waals surface area contributed by atoms with Crippen LogP contribution < -0.4 is 10.2 Å². The number of amides is 2. The highest BCUT2D eigenvalue weighted by Gasteiger charge is 2.37. The fourth-order valence-corrected chi connectivity index (χ4v) is 3.27. The topological polar surface area (TPSA) is 49.4 Å². The molecule has 4 nitrogen and oxygen atoms in total. The zero-order chi connectivity index (χ0) is 18.9. The quantitative estimate of drug-likeness (QED) is 0.845. The van der Waals surface area contributed by atoms with Gasteiger partial charge >= 0.3 is 0 Å². The van der Waals surface area contributed by atoms with Crippen molar-refractivity contribution in [1.29, 1.82) is 0 Å². The first-order chi connectivity index (χ1) is 12.3. The third-order valence-corrected chi connectivity index (χ3v) is 4.87. The summed E-state index contributed by atoms with van der Waals surface area (Å²) in [4.78, 5) is 26.7. The van der Waals surface area contributed by atoms with Gasteiger partial charge in [0.05, 0.1) is 0 Å². The molecule has 2 aromatic rings. The maximum absolute atomic E-state index is 12.8. The van der Waals surface area contributed by atoms with Gasteiger partial charge in [0.1, 0.15) is 6.04 Å². The first-order valence-electron chi connectivity index (χ1n) is 8.75. The molecule has 1 saturated heterocycles. The summed E-state index contributed by atoms with van der Waals surface area (Å²) in [5, 5.41) is 3.57. The van der Waals surface area contributed by atoms with E-state index in [1.165, 1.54) is 0 Å². The predicted octanol–water partition coefficient (Wildman–Crippen LogP) is 4.77. The third-order valence-electron chi connectivity index (χ3n) is 4.62. The molecule has 0 saturated carbocycles. The predicted molar refractivity (Wildman–Crippen MR) is 106 cm³/mol. The van der Waals surface area contributed by atoms with Crippen molar-refractivity contribution in [2.75, 3.05) is 10.2 Å². The smallest absolute Gasteiger partial charge is 0.247 e. The molecule has 1 aliphatic rings. The largest absolute Gasteiger partial charge is 0.324 e. The van der Waals surface area contributed by atoms with E-state index in [1.807, 2.05) is 18.2 Å². The Balaban J connectivity index is 1.80. The summed E-state index contributed by atoms with van der Waals surface area (Å²) in [7, 11) is 0. The van der Waals surface area contributed by atoms with E-state index in [0.717, 1.165) is 11.3 Å². The zero-order valence-corrected chi connectivity index (χ0v) is 16.0.